The van der Waals surface area contributed by atoms with Crippen LogP contribution in [0.2, 0.25) is 0 Å². The number of aliphatic carboxylic acids is 1. The number of rotatable bonds is 7. The normalized spacial score (nSPS) is 16.6. The second-order valence-electron chi connectivity index (χ2n) is 6.13. The average Bonchev–Trinajstić information content (AvgIpc) is 2.79. The summed E-state index contributed by atoms with van der Waals surface area (Å²) in [6.07, 6.45) is 5.10. The summed E-state index contributed by atoms with van der Waals surface area (Å²) in [6, 6.07) is 6.41. The van der Waals surface area contributed by atoms with Crippen molar-refractivity contribution in [3.8, 4) is 0 Å². The molecule has 1 N–H and O–H groups in total. The van der Waals surface area contributed by atoms with E-state index in [1.807, 2.05) is 17.0 Å². The number of carbonyl (C=O) groups is 2. The second kappa shape index (κ2) is 7.43. The molecule has 1 unspecified atom stereocenters. The summed E-state index contributed by atoms with van der Waals surface area (Å²) in [6.45, 7) is 4.19. The Hall–Kier alpha value is -1.84. The third-order valence-electron chi connectivity index (χ3n) is 4.23. The van der Waals surface area contributed by atoms with Crippen molar-refractivity contribution in [2.45, 2.75) is 64.8 Å². The van der Waals surface area contributed by atoms with Crippen LogP contribution in [0.1, 0.15) is 57.1 Å². The van der Waals surface area contributed by atoms with E-state index in [9.17, 15) is 9.59 Å². The lowest BCUT2D eigenvalue weighted by atomic mass is 10.0. The summed E-state index contributed by atoms with van der Waals surface area (Å²) in [5, 5.41) is 8.70. The molecular formula is C18H25NO3. The van der Waals surface area contributed by atoms with Gasteiger partial charge in [0.25, 0.3) is 0 Å². The van der Waals surface area contributed by atoms with Gasteiger partial charge in [0, 0.05) is 24.6 Å². The van der Waals surface area contributed by atoms with Crippen LogP contribution >= 0.6 is 0 Å². The van der Waals surface area contributed by atoms with Gasteiger partial charge in [0.15, 0.2) is 0 Å². The number of aryl methyl sites for hydroxylation is 1. The number of hydrogen-bond acceptors (Lipinski definition) is 2. The van der Waals surface area contributed by atoms with E-state index in [4.69, 9.17) is 5.11 Å². The van der Waals surface area contributed by atoms with Crippen molar-refractivity contribution < 1.29 is 14.7 Å². The molecule has 0 aliphatic carbocycles. The highest BCUT2D eigenvalue weighted by atomic mass is 16.4. The molecule has 0 saturated heterocycles. The highest BCUT2D eigenvalue weighted by Crippen LogP contribution is 2.33. The molecule has 1 aromatic rings. The number of anilines is 1. The Balaban J connectivity index is 2.07. The molecule has 1 aliphatic heterocycles. The van der Waals surface area contributed by atoms with E-state index in [0.717, 1.165) is 36.9 Å². The van der Waals surface area contributed by atoms with Crippen LogP contribution in [0.4, 0.5) is 5.69 Å². The van der Waals surface area contributed by atoms with Crippen molar-refractivity contribution in [1.29, 1.82) is 0 Å². The molecule has 0 radical (unpaired) electrons. The van der Waals surface area contributed by atoms with Gasteiger partial charge >= 0.3 is 5.97 Å². The van der Waals surface area contributed by atoms with Gasteiger partial charge in [-0.15, -0.1) is 0 Å². The van der Waals surface area contributed by atoms with Crippen LogP contribution in [0.5, 0.6) is 0 Å². The summed E-state index contributed by atoms with van der Waals surface area (Å²) in [7, 11) is 0. The smallest absolute Gasteiger partial charge is 0.303 e. The van der Waals surface area contributed by atoms with Gasteiger partial charge in [0.1, 0.15) is 0 Å². The number of carbonyl (C=O) groups excluding carboxylic acids is 1. The van der Waals surface area contributed by atoms with Crippen LogP contribution in [-0.4, -0.2) is 23.0 Å². The van der Waals surface area contributed by atoms with E-state index in [2.05, 4.69) is 19.9 Å². The minimum Gasteiger partial charge on any atom is -0.481 e. The fourth-order valence-electron chi connectivity index (χ4n) is 3.11. The Morgan fingerprint density at radius 2 is 2.05 bits per heavy atom. The molecule has 22 heavy (non-hydrogen) atoms. The quantitative estimate of drug-likeness (QED) is 0.838. The third-order valence-corrected chi connectivity index (χ3v) is 4.23. The van der Waals surface area contributed by atoms with Gasteiger partial charge in [0.05, 0.1) is 0 Å². The van der Waals surface area contributed by atoms with Crippen LogP contribution < -0.4 is 4.90 Å². The molecule has 2 rings (SSSR count). The van der Waals surface area contributed by atoms with Gasteiger partial charge in [-0.2, -0.15) is 0 Å². The van der Waals surface area contributed by atoms with Crippen molar-refractivity contribution in [3.05, 3.63) is 29.3 Å². The van der Waals surface area contributed by atoms with Gasteiger partial charge in [-0.05, 0) is 49.8 Å². The first-order chi connectivity index (χ1) is 10.5. The highest BCUT2D eigenvalue weighted by Gasteiger charge is 2.30. The third kappa shape index (κ3) is 3.87. The summed E-state index contributed by atoms with van der Waals surface area (Å²) in [4.78, 5) is 24.9. The number of hydrogen-bond donors (Lipinski definition) is 1. The Morgan fingerprint density at radius 3 is 2.73 bits per heavy atom. The lowest BCUT2D eigenvalue weighted by Gasteiger charge is -2.22. The number of carboxylic acid groups (broad SMARTS) is 1. The van der Waals surface area contributed by atoms with Crippen molar-refractivity contribution >= 4 is 17.6 Å². The molecular weight excluding hydrogens is 278 g/mol. The number of nitrogens with zero attached hydrogens (tertiary/aromatic N) is 1. The molecule has 0 fully saturated rings. The standard InChI is InChI=1S/C18H25NO3/c1-3-4-7-17(20)19-13(2)11-15-12-14(9-10-16(15)19)6-5-8-18(21)22/h9-10,12-13H,3-8,11H2,1-2H3,(H,21,22). The van der Waals surface area contributed by atoms with Crippen LogP contribution in [0.15, 0.2) is 18.2 Å². The predicted molar refractivity (Wildman–Crippen MR) is 87.2 cm³/mol. The molecule has 0 saturated carbocycles. The molecule has 1 amide bonds. The van der Waals surface area contributed by atoms with Crippen LogP contribution in [0.3, 0.4) is 0 Å². The van der Waals surface area contributed by atoms with Crippen molar-refractivity contribution in [2.75, 3.05) is 4.90 Å². The van der Waals surface area contributed by atoms with E-state index in [-0.39, 0.29) is 18.4 Å². The molecule has 1 atom stereocenters. The molecule has 4 nitrogen and oxygen atoms in total. The van der Waals surface area contributed by atoms with E-state index < -0.39 is 5.97 Å². The van der Waals surface area contributed by atoms with E-state index in [1.54, 1.807) is 0 Å². The summed E-state index contributed by atoms with van der Waals surface area (Å²) in [5.41, 5.74) is 3.41. The van der Waals surface area contributed by atoms with Crippen molar-refractivity contribution in [1.82, 2.24) is 0 Å². The molecule has 0 aromatic heterocycles. The molecule has 120 valence electrons. The van der Waals surface area contributed by atoms with Crippen LogP contribution in [0, 0.1) is 0 Å². The van der Waals surface area contributed by atoms with Gasteiger partial charge in [-0.3, -0.25) is 9.59 Å². The fraction of sp³-hybridized carbons (Fsp3) is 0.556. The van der Waals surface area contributed by atoms with Gasteiger partial charge < -0.3 is 10.0 Å². The summed E-state index contributed by atoms with van der Waals surface area (Å²) < 4.78 is 0. The second-order valence-corrected chi connectivity index (χ2v) is 6.13. The van der Waals surface area contributed by atoms with Crippen molar-refractivity contribution in [3.63, 3.8) is 0 Å². The first kappa shape index (κ1) is 16.5. The number of amides is 1. The summed E-state index contributed by atoms with van der Waals surface area (Å²) in [5.74, 6) is -0.533. The lowest BCUT2D eigenvalue weighted by molar-refractivity contribution is -0.137. The molecule has 1 aromatic carbocycles. The Labute approximate surface area is 132 Å². The highest BCUT2D eigenvalue weighted by molar-refractivity contribution is 5.96. The van der Waals surface area contributed by atoms with Crippen molar-refractivity contribution in [2.24, 2.45) is 0 Å². The number of carboxylic acids is 1. The number of benzene rings is 1. The molecule has 1 aliphatic rings. The monoisotopic (exact) mass is 303 g/mol. The molecule has 1 heterocycles. The Kier molecular flexibility index (Phi) is 5.58. The minimum atomic E-state index is -0.748. The Morgan fingerprint density at radius 1 is 1.27 bits per heavy atom. The maximum atomic E-state index is 12.4. The first-order valence-corrected chi connectivity index (χ1v) is 8.18. The predicted octanol–water partition coefficient (Wildman–Crippen LogP) is 3.56. The zero-order valence-electron chi connectivity index (χ0n) is 13.5. The lowest BCUT2D eigenvalue weighted by Crippen LogP contribution is -2.35. The largest absolute Gasteiger partial charge is 0.481 e. The van der Waals surface area contributed by atoms with Crippen LogP contribution in [0.25, 0.3) is 0 Å². The number of fused-ring (bicyclic) bond motifs is 1. The SMILES string of the molecule is CCCCC(=O)N1c2ccc(CCCC(=O)O)cc2CC1C. The van der Waals surface area contributed by atoms with Gasteiger partial charge in [0.2, 0.25) is 5.91 Å². The van der Waals surface area contributed by atoms with Crippen LogP contribution in [-0.2, 0) is 22.4 Å². The Bertz CT molecular complexity index is 553. The maximum absolute atomic E-state index is 12.4. The first-order valence-electron chi connectivity index (χ1n) is 8.18. The van der Waals surface area contributed by atoms with Gasteiger partial charge in [-0.1, -0.05) is 25.5 Å². The topological polar surface area (TPSA) is 57.6 Å². The zero-order chi connectivity index (χ0) is 16.1. The van der Waals surface area contributed by atoms with E-state index in [0.29, 0.717) is 12.8 Å². The minimum absolute atomic E-state index is 0.203. The zero-order valence-corrected chi connectivity index (χ0v) is 13.5. The summed E-state index contributed by atoms with van der Waals surface area (Å²) >= 11 is 0. The van der Waals surface area contributed by atoms with E-state index in [1.165, 1.54) is 5.56 Å². The maximum Gasteiger partial charge on any atom is 0.303 e. The molecule has 4 heteroatoms. The molecule has 0 bridgehead atoms. The molecule has 0 spiro atoms. The average molecular weight is 303 g/mol. The van der Waals surface area contributed by atoms with Gasteiger partial charge in [-0.25, -0.2) is 0 Å². The fourth-order valence-corrected chi connectivity index (χ4v) is 3.11. The number of unbranched alkanes of at least 4 members (excludes halogenated alkanes) is 1. The van der Waals surface area contributed by atoms with E-state index >= 15 is 0 Å².